The molecular weight excluding hydrogens is 178 g/mol. The summed E-state index contributed by atoms with van der Waals surface area (Å²) in [4.78, 5) is 0. The van der Waals surface area contributed by atoms with Gasteiger partial charge in [-0.25, -0.2) is 0 Å². The first-order chi connectivity index (χ1) is 6.92. The van der Waals surface area contributed by atoms with Gasteiger partial charge in [-0.2, -0.15) is 0 Å². The molecule has 3 N–H and O–H groups in total. The van der Waals surface area contributed by atoms with Crippen molar-refractivity contribution in [1.29, 1.82) is 0 Å². The molecule has 0 bridgehead atoms. The van der Waals surface area contributed by atoms with Gasteiger partial charge >= 0.3 is 0 Å². The van der Waals surface area contributed by atoms with E-state index in [1.54, 1.807) is 6.20 Å². The van der Waals surface area contributed by atoms with E-state index in [2.05, 4.69) is 10.5 Å². The minimum atomic E-state index is 0.493. The Labute approximate surface area is 83.8 Å². The Hall–Kier alpha value is -0.870. The van der Waals surface area contributed by atoms with Crippen molar-refractivity contribution in [1.82, 2.24) is 10.5 Å². The molecule has 1 aliphatic heterocycles. The lowest BCUT2D eigenvalue weighted by Crippen LogP contribution is -2.28. The van der Waals surface area contributed by atoms with Gasteiger partial charge in [0.05, 0.1) is 6.20 Å². The van der Waals surface area contributed by atoms with Crippen LogP contribution in [0.5, 0.6) is 0 Å². The van der Waals surface area contributed by atoms with Crippen LogP contribution >= 0.6 is 0 Å². The number of rotatable bonds is 3. The van der Waals surface area contributed by atoms with Crippen LogP contribution < -0.4 is 11.1 Å². The first-order valence-corrected chi connectivity index (χ1v) is 5.26. The van der Waals surface area contributed by atoms with Crippen LogP contribution in [-0.2, 0) is 6.42 Å². The second-order valence-corrected chi connectivity index (χ2v) is 3.80. The number of aromatic nitrogens is 1. The van der Waals surface area contributed by atoms with Gasteiger partial charge in [-0.3, -0.25) is 0 Å². The number of nitrogens with two attached hydrogens (primary N) is 1. The van der Waals surface area contributed by atoms with Crippen molar-refractivity contribution in [2.45, 2.75) is 25.2 Å². The number of nitrogens with zero attached hydrogens (tertiary/aromatic N) is 1. The normalized spacial score (nSPS) is 22.5. The SMILES string of the molecule is NCCc1cnoc1C1CCCNC1. The number of nitrogens with one attached hydrogen (secondary N) is 1. The Morgan fingerprint density at radius 1 is 1.64 bits per heavy atom. The lowest BCUT2D eigenvalue weighted by Gasteiger charge is -2.21. The Morgan fingerprint density at radius 3 is 3.29 bits per heavy atom. The van der Waals surface area contributed by atoms with E-state index < -0.39 is 0 Å². The molecule has 2 rings (SSSR count). The molecule has 0 aliphatic carbocycles. The molecule has 4 nitrogen and oxygen atoms in total. The minimum Gasteiger partial charge on any atom is -0.361 e. The summed E-state index contributed by atoms with van der Waals surface area (Å²) >= 11 is 0. The lowest BCUT2D eigenvalue weighted by atomic mass is 9.94. The highest BCUT2D eigenvalue weighted by Gasteiger charge is 2.21. The number of hydrogen-bond donors (Lipinski definition) is 2. The second-order valence-electron chi connectivity index (χ2n) is 3.80. The summed E-state index contributed by atoms with van der Waals surface area (Å²) in [6.07, 6.45) is 5.08. The van der Waals surface area contributed by atoms with Gasteiger partial charge in [0.15, 0.2) is 0 Å². The molecule has 0 amide bonds. The Balaban J connectivity index is 2.09. The van der Waals surface area contributed by atoms with Gasteiger partial charge in [0.1, 0.15) is 5.76 Å². The molecule has 1 aliphatic rings. The molecule has 14 heavy (non-hydrogen) atoms. The maximum atomic E-state index is 5.53. The van der Waals surface area contributed by atoms with Crippen LogP contribution in [0.15, 0.2) is 10.7 Å². The predicted octanol–water partition coefficient (Wildman–Crippen LogP) is 0.643. The highest BCUT2D eigenvalue weighted by Crippen LogP contribution is 2.26. The van der Waals surface area contributed by atoms with Gasteiger partial charge < -0.3 is 15.6 Å². The zero-order chi connectivity index (χ0) is 9.80. The summed E-state index contributed by atoms with van der Waals surface area (Å²) in [5.74, 6) is 1.54. The van der Waals surface area contributed by atoms with Crippen LogP contribution in [0.25, 0.3) is 0 Å². The number of piperidine rings is 1. The Morgan fingerprint density at radius 2 is 2.57 bits per heavy atom. The molecule has 1 unspecified atom stereocenters. The fraction of sp³-hybridized carbons (Fsp3) is 0.700. The summed E-state index contributed by atoms with van der Waals surface area (Å²) in [5, 5.41) is 7.23. The van der Waals surface area contributed by atoms with E-state index in [-0.39, 0.29) is 0 Å². The third-order valence-electron chi connectivity index (χ3n) is 2.76. The van der Waals surface area contributed by atoms with E-state index in [0.29, 0.717) is 12.5 Å². The molecule has 4 heteroatoms. The topological polar surface area (TPSA) is 64.1 Å². The lowest BCUT2D eigenvalue weighted by molar-refractivity contribution is 0.327. The van der Waals surface area contributed by atoms with Crippen molar-refractivity contribution >= 4 is 0 Å². The third-order valence-corrected chi connectivity index (χ3v) is 2.76. The smallest absolute Gasteiger partial charge is 0.144 e. The summed E-state index contributed by atoms with van der Waals surface area (Å²) in [6, 6.07) is 0. The van der Waals surface area contributed by atoms with E-state index in [1.807, 2.05) is 0 Å². The highest BCUT2D eigenvalue weighted by molar-refractivity contribution is 5.19. The van der Waals surface area contributed by atoms with Crippen LogP contribution in [-0.4, -0.2) is 24.8 Å². The van der Waals surface area contributed by atoms with E-state index in [0.717, 1.165) is 25.3 Å². The Bertz CT molecular complexity index is 279. The van der Waals surface area contributed by atoms with Crippen molar-refractivity contribution in [2.75, 3.05) is 19.6 Å². The molecule has 1 aromatic heterocycles. The average Bonchev–Trinajstić information content (AvgIpc) is 2.68. The van der Waals surface area contributed by atoms with Crippen molar-refractivity contribution in [3.05, 3.63) is 17.5 Å². The van der Waals surface area contributed by atoms with E-state index in [4.69, 9.17) is 10.3 Å². The maximum Gasteiger partial charge on any atom is 0.144 e. The van der Waals surface area contributed by atoms with Crippen molar-refractivity contribution in [2.24, 2.45) is 5.73 Å². The molecule has 1 fully saturated rings. The first-order valence-electron chi connectivity index (χ1n) is 5.26. The minimum absolute atomic E-state index is 0.493. The molecule has 1 atom stereocenters. The first kappa shape index (κ1) is 9.68. The fourth-order valence-electron chi connectivity index (χ4n) is 2.02. The zero-order valence-electron chi connectivity index (χ0n) is 8.33. The van der Waals surface area contributed by atoms with E-state index in [9.17, 15) is 0 Å². The molecular formula is C10H17N3O. The third kappa shape index (κ3) is 1.96. The quantitative estimate of drug-likeness (QED) is 0.743. The van der Waals surface area contributed by atoms with Crippen molar-refractivity contribution in [3.63, 3.8) is 0 Å². The van der Waals surface area contributed by atoms with Crippen LogP contribution in [0.2, 0.25) is 0 Å². The zero-order valence-corrected chi connectivity index (χ0v) is 8.33. The van der Waals surface area contributed by atoms with Gasteiger partial charge in [0, 0.05) is 18.0 Å². The molecule has 0 radical (unpaired) electrons. The number of hydrogen-bond acceptors (Lipinski definition) is 4. The monoisotopic (exact) mass is 195 g/mol. The predicted molar refractivity (Wildman–Crippen MR) is 54.1 cm³/mol. The van der Waals surface area contributed by atoms with Gasteiger partial charge in [0.25, 0.3) is 0 Å². The van der Waals surface area contributed by atoms with Crippen molar-refractivity contribution in [3.8, 4) is 0 Å². The van der Waals surface area contributed by atoms with E-state index >= 15 is 0 Å². The molecule has 2 heterocycles. The van der Waals surface area contributed by atoms with Crippen LogP contribution in [0, 0.1) is 0 Å². The average molecular weight is 195 g/mol. The summed E-state index contributed by atoms with van der Waals surface area (Å²) < 4.78 is 5.31. The van der Waals surface area contributed by atoms with Crippen LogP contribution in [0.3, 0.4) is 0 Å². The van der Waals surface area contributed by atoms with Crippen LogP contribution in [0.4, 0.5) is 0 Å². The fourth-order valence-corrected chi connectivity index (χ4v) is 2.02. The molecule has 78 valence electrons. The maximum absolute atomic E-state index is 5.53. The molecule has 1 aromatic rings. The molecule has 1 saturated heterocycles. The van der Waals surface area contributed by atoms with Crippen LogP contribution in [0.1, 0.15) is 30.1 Å². The largest absolute Gasteiger partial charge is 0.361 e. The molecule has 0 spiro atoms. The van der Waals surface area contributed by atoms with Gasteiger partial charge in [-0.05, 0) is 32.4 Å². The molecule has 0 saturated carbocycles. The second kappa shape index (κ2) is 4.57. The Kier molecular flexibility index (Phi) is 3.16. The van der Waals surface area contributed by atoms with E-state index in [1.165, 1.54) is 18.4 Å². The highest BCUT2D eigenvalue weighted by atomic mass is 16.5. The van der Waals surface area contributed by atoms with Gasteiger partial charge in [-0.15, -0.1) is 0 Å². The summed E-state index contributed by atoms with van der Waals surface area (Å²) in [7, 11) is 0. The standard InChI is InChI=1S/C10H17N3O/c11-4-3-9-7-13-14-10(9)8-2-1-5-12-6-8/h7-8,12H,1-6,11H2. The summed E-state index contributed by atoms with van der Waals surface area (Å²) in [6.45, 7) is 2.79. The molecule has 0 aromatic carbocycles. The van der Waals surface area contributed by atoms with Gasteiger partial charge in [0.2, 0.25) is 0 Å². The summed E-state index contributed by atoms with van der Waals surface area (Å²) in [5.41, 5.74) is 6.71. The van der Waals surface area contributed by atoms with Crippen molar-refractivity contribution < 1.29 is 4.52 Å². The van der Waals surface area contributed by atoms with Gasteiger partial charge in [-0.1, -0.05) is 5.16 Å².